The summed E-state index contributed by atoms with van der Waals surface area (Å²) in [6.07, 6.45) is 3.44. The van der Waals surface area contributed by atoms with Crippen molar-refractivity contribution < 1.29 is 19.1 Å². The van der Waals surface area contributed by atoms with Gasteiger partial charge in [0.2, 0.25) is 5.75 Å². The number of aromatic nitrogens is 2. The molecule has 0 saturated heterocycles. The fourth-order valence-corrected chi connectivity index (χ4v) is 3.25. The molecule has 9 heteroatoms. The van der Waals surface area contributed by atoms with Gasteiger partial charge in [0.1, 0.15) is 12.1 Å². The molecule has 0 saturated carbocycles. The van der Waals surface area contributed by atoms with Crippen LogP contribution in [0.3, 0.4) is 0 Å². The molecule has 2 aromatic carbocycles. The minimum Gasteiger partial charge on any atom is -0.493 e. The summed E-state index contributed by atoms with van der Waals surface area (Å²) in [5, 5.41) is 15.4. The van der Waals surface area contributed by atoms with Gasteiger partial charge in [-0.25, -0.2) is 9.97 Å². The van der Waals surface area contributed by atoms with E-state index in [-0.39, 0.29) is 11.4 Å². The standard InChI is InChI=1S/C21H22N4O5/c1-5-6-14-19-15(10-16(25(26)27)20(14)30-4)21(24-12-23-19)22-11-13-7-8-17(28-2)18(9-13)29-3/h5,7-10,12H,1,6,11H2,2-4H3,(H,22,23,24). The van der Waals surface area contributed by atoms with E-state index in [4.69, 9.17) is 14.2 Å². The first-order valence-corrected chi connectivity index (χ1v) is 9.08. The average molecular weight is 410 g/mol. The topological polar surface area (TPSA) is 109 Å². The molecule has 3 rings (SSSR count). The molecule has 30 heavy (non-hydrogen) atoms. The van der Waals surface area contributed by atoms with Gasteiger partial charge in [0.25, 0.3) is 0 Å². The predicted molar refractivity (Wildman–Crippen MR) is 114 cm³/mol. The summed E-state index contributed by atoms with van der Waals surface area (Å²) in [6, 6.07) is 6.99. The zero-order valence-electron chi connectivity index (χ0n) is 17.0. The van der Waals surface area contributed by atoms with E-state index >= 15 is 0 Å². The number of benzene rings is 2. The molecule has 0 aliphatic heterocycles. The molecule has 0 aliphatic carbocycles. The molecule has 1 N–H and O–H groups in total. The van der Waals surface area contributed by atoms with Crippen LogP contribution in [0.4, 0.5) is 11.5 Å². The van der Waals surface area contributed by atoms with E-state index in [1.807, 2.05) is 18.2 Å². The van der Waals surface area contributed by atoms with Crippen LogP contribution < -0.4 is 19.5 Å². The molecule has 0 bridgehead atoms. The van der Waals surface area contributed by atoms with Gasteiger partial charge in [-0.1, -0.05) is 12.1 Å². The third kappa shape index (κ3) is 3.95. The maximum atomic E-state index is 11.6. The Morgan fingerprint density at radius 1 is 1.13 bits per heavy atom. The fraction of sp³-hybridized carbons (Fsp3) is 0.238. The molecule has 0 atom stereocenters. The molecule has 0 fully saturated rings. The molecule has 9 nitrogen and oxygen atoms in total. The van der Waals surface area contributed by atoms with Gasteiger partial charge < -0.3 is 19.5 Å². The molecule has 1 aromatic heterocycles. The molecule has 0 radical (unpaired) electrons. The smallest absolute Gasteiger partial charge is 0.312 e. The highest BCUT2D eigenvalue weighted by atomic mass is 16.6. The van der Waals surface area contributed by atoms with Gasteiger partial charge in [-0.05, 0) is 24.1 Å². The van der Waals surface area contributed by atoms with Crippen molar-refractivity contribution in [1.82, 2.24) is 9.97 Å². The van der Waals surface area contributed by atoms with Crippen LogP contribution in [0.1, 0.15) is 11.1 Å². The third-order valence-electron chi connectivity index (χ3n) is 4.61. The van der Waals surface area contributed by atoms with E-state index in [1.54, 1.807) is 20.3 Å². The Kier molecular flexibility index (Phi) is 6.31. The van der Waals surface area contributed by atoms with Crippen LogP contribution in [0.2, 0.25) is 0 Å². The van der Waals surface area contributed by atoms with E-state index < -0.39 is 4.92 Å². The van der Waals surface area contributed by atoms with Gasteiger partial charge >= 0.3 is 5.69 Å². The lowest BCUT2D eigenvalue weighted by Crippen LogP contribution is -2.06. The summed E-state index contributed by atoms with van der Waals surface area (Å²) in [7, 11) is 4.55. The Morgan fingerprint density at radius 3 is 2.53 bits per heavy atom. The molecule has 0 amide bonds. The van der Waals surface area contributed by atoms with Crippen LogP contribution in [-0.2, 0) is 13.0 Å². The second kappa shape index (κ2) is 9.08. The lowest BCUT2D eigenvalue weighted by atomic mass is 10.0. The number of ether oxygens (including phenoxy) is 3. The third-order valence-corrected chi connectivity index (χ3v) is 4.61. The van der Waals surface area contributed by atoms with Crippen LogP contribution in [0.5, 0.6) is 17.2 Å². The molecule has 3 aromatic rings. The molecule has 0 unspecified atom stereocenters. The zero-order valence-corrected chi connectivity index (χ0v) is 17.0. The minimum absolute atomic E-state index is 0.147. The first-order valence-electron chi connectivity index (χ1n) is 9.08. The number of hydrogen-bond donors (Lipinski definition) is 1. The number of methoxy groups -OCH3 is 3. The highest BCUT2D eigenvalue weighted by molar-refractivity contribution is 5.95. The SMILES string of the molecule is C=CCc1c(OC)c([N+](=O)[O-])cc2c(NCc3ccc(OC)c(OC)c3)ncnc12. The van der Waals surface area contributed by atoms with Gasteiger partial charge in [-0.15, -0.1) is 6.58 Å². The Morgan fingerprint density at radius 2 is 1.90 bits per heavy atom. The fourth-order valence-electron chi connectivity index (χ4n) is 3.25. The van der Waals surface area contributed by atoms with Gasteiger partial charge in [0, 0.05) is 18.2 Å². The Labute approximate surface area is 173 Å². The van der Waals surface area contributed by atoms with Crippen molar-refractivity contribution in [2.75, 3.05) is 26.6 Å². The van der Waals surface area contributed by atoms with Crippen LogP contribution in [0.25, 0.3) is 10.9 Å². The Hall–Kier alpha value is -3.88. The van der Waals surface area contributed by atoms with Crippen LogP contribution in [0, 0.1) is 10.1 Å². The van der Waals surface area contributed by atoms with Crippen molar-refractivity contribution in [2.45, 2.75) is 13.0 Å². The number of rotatable bonds is 9. The molecular formula is C21H22N4O5. The number of allylic oxidation sites excluding steroid dienone is 1. The monoisotopic (exact) mass is 410 g/mol. The van der Waals surface area contributed by atoms with Crippen molar-refractivity contribution in [3.05, 3.63) is 64.5 Å². The van der Waals surface area contributed by atoms with E-state index in [0.717, 1.165) is 5.56 Å². The first-order chi connectivity index (χ1) is 14.5. The van der Waals surface area contributed by atoms with E-state index in [0.29, 0.717) is 46.7 Å². The summed E-state index contributed by atoms with van der Waals surface area (Å²) < 4.78 is 15.9. The number of anilines is 1. The van der Waals surface area contributed by atoms with Gasteiger partial charge in [0.05, 0.1) is 37.2 Å². The second-order valence-electron chi connectivity index (χ2n) is 6.32. The van der Waals surface area contributed by atoms with E-state index in [9.17, 15) is 10.1 Å². The van der Waals surface area contributed by atoms with Crippen LogP contribution >= 0.6 is 0 Å². The highest BCUT2D eigenvalue weighted by Crippen LogP contribution is 2.39. The summed E-state index contributed by atoms with van der Waals surface area (Å²) >= 11 is 0. The molecule has 0 spiro atoms. The van der Waals surface area contributed by atoms with Crippen molar-refractivity contribution in [3.8, 4) is 17.2 Å². The van der Waals surface area contributed by atoms with E-state index in [2.05, 4.69) is 21.9 Å². The van der Waals surface area contributed by atoms with Crippen LogP contribution in [0.15, 0.2) is 43.2 Å². The Balaban J connectivity index is 2.04. The summed E-state index contributed by atoms with van der Waals surface area (Å²) in [4.78, 5) is 19.8. The second-order valence-corrected chi connectivity index (χ2v) is 6.32. The normalized spacial score (nSPS) is 10.5. The van der Waals surface area contributed by atoms with Gasteiger partial charge in [-0.2, -0.15) is 0 Å². The number of fused-ring (bicyclic) bond motifs is 1. The zero-order chi connectivity index (χ0) is 21.7. The lowest BCUT2D eigenvalue weighted by molar-refractivity contribution is -0.385. The van der Waals surface area contributed by atoms with Crippen molar-refractivity contribution >= 4 is 22.4 Å². The highest BCUT2D eigenvalue weighted by Gasteiger charge is 2.24. The predicted octanol–water partition coefficient (Wildman–Crippen LogP) is 3.90. The summed E-state index contributed by atoms with van der Waals surface area (Å²) in [5.41, 5.74) is 1.94. The summed E-state index contributed by atoms with van der Waals surface area (Å²) in [5.74, 6) is 1.89. The Bertz CT molecular complexity index is 1100. The largest absolute Gasteiger partial charge is 0.493 e. The van der Waals surface area contributed by atoms with Crippen LogP contribution in [-0.4, -0.2) is 36.2 Å². The maximum absolute atomic E-state index is 11.6. The summed E-state index contributed by atoms with van der Waals surface area (Å²) in [6.45, 7) is 4.15. The number of nitrogens with one attached hydrogen (secondary N) is 1. The maximum Gasteiger partial charge on any atom is 0.312 e. The number of nitro groups is 1. The van der Waals surface area contributed by atoms with Gasteiger partial charge in [-0.3, -0.25) is 10.1 Å². The van der Waals surface area contributed by atoms with E-state index in [1.165, 1.54) is 19.5 Å². The lowest BCUT2D eigenvalue weighted by Gasteiger charge is -2.14. The van der Waals surface area contributed by atoms with Crippen molar-refractivity contribution in [1.29, 1.82) is 0 Å². The average Bonchev–Trinajstić information content (AvgIpc) is 2.77. The van der Waals surface area contributed by atoms with Crippen molar-refractivity contribution in [2.24, 2.45) is 0 Å². The number of nitro benzene ring substituents is 1. The first kappa shape index (κ1) is 20.8. The molecular weight excluding hydrogens is 388 g/mol. The number of nitrogens with zero attached hydrogens (tertiary/aromatic N) is 3. The molecule has 1 heterocycles. The molecule has 156 valence electrons. The molecule has 0 aliphatic rings. The quantitative estimate of drug-likeness (QED) is 0.321. The minimum atomic E-state index is -0.476. The van der Waals surface area contributed by atoms with Gasteiger partial charge in [0.15, 0.2) is 11.5 Å². The number of hydrogen-bond acceptors (Lipinski definition) is 8. The van der Waals surface area contributed by atoms with Crippen molar-refractivity contribution in [3.63, 3.8) is 0 Å².